The predicted molar refractivity (Wildman–Crippen MR) is 101 cm³/mol. The van der Waals surface area contributed by atoms with E-state index in [0.29, 0.717) is 6.61 Å². The zero-order valence-electron chi connectivity index (χ0n) is 15.6. The van der Waals surface area contributed by atoms with Crippen molar-refractivity contribution in [3.63, 3.8) is 0 Å². The van der Waals surface area contributed by atoms with Crippen molar-refractivity contribution >= 4 is 13.2 Å². The molecule has 0 saturated carbocycles. The molecule has 0 saturated heterocycles. The number of ether oxygens (including phenoxy) is 1. The molecule has 0 bridgehead atoms. The largest absolute Gasteiger partial charge is 0.465 e. The molecule has 0 rings (SSSR count). The molecule has 1 unspecified atom stereocenters. The van der Waals surface area contributed by atoms with Gasteiger partial charge in [0.2, 0.25) is 0 Å². The third-order valence-corrected chi connectivity index (χ3v) is 9.69. The molecule has 0 aromatic heterocycles. The van der Waals surface area contributed by atoms with E-state index in [1.807, 2.05) is 13.8 Å². The average molecular weight is 329 g/mol. The Balaban J connectivity index is 5.26. The van der Waals surface area contributed by atoms with Crippen LogP contribution in [0.2, 0.25) is 0 Å². The third-order valence-electron chi connectivity index (χ3n) is 4.57. The Hall–Kier alpha value is -0.360. The lowest BCUT2D eigenvalue weighted by Crippen LogP contribution is -2.22. The summed E-state index contributed by atoms with van der Waals surface area (Å²) in [5.74, 6) is -0.222. The molecule has 0 fully saturated rings. The van der Waals surface area contributed by atoms with E-state index in [9.17, 15) is 4.79 Å². The predicted octanol–water partition coefficient (Wildman–Crippen LogP) is 6.12. The first-order valence-corrected chi connectivity index (χ1v) is 11.6. The quantitative estimate of drug-likeness (QED) is 0.301. The normalized spacial score (nSPS) is 13.0. The van der Waals surface area contributed by atoms with E-state index in [4.69, 9.17) is 4.74 Å². The van der Waals surface area contributed by atoms with Crippen molar-refractivity contribution in [3.05, 3.63) is 11.9 Å². The fraction of sp³-hybridized carbons (Fsp3) is 0.842. The molecule has 0 N–H and O–H groups in total. The summed E-state index contributed by atoms with van der Waals surface area (Å²) in [4.78, 5) is 12.2. The van der Waals surface area contributed by atoms with Gasteiger partial charge in [-0.2, -0.15) is 0 Å². The van der Waals surface area contributed by atoms with E-state index in [0.717, 1.165) is 0 Å². The van der Waals surface area contributed by atoms with Gasteiger partial charge >= 0.3 is 5.97 Å². The summed E-state index contributed by atoms with van der Waals surface area (Å²) in [6.45, 7) is 15.5. The highest BCUT2D eigenvalue weighted by Crippen LogP contribution is 2.68. The van der Waals surface area contributed by atoms with E-state index in [1.54, 1.807) is 0 Å². The van der Waals surface area contributed by atoms with Gasteiger partial charge in [-0.25, -0.2) is 0 Å². The summed E-state index contributed by atoms with van der Waals surface area (Å²) in [7, 11) is -1.27. The van der Waals surface area contributed by atoms with Gasteiger partial charge in [0.25, 0.3) is 0 Å². The van der Waals surface area contributed by atoms with Crippen LogP contribution in [0.4, 0.5) is 0 Å². The summed E-state index contributed by atoms with van der Waals surface area (Å²) in [6.07, 6.45) is 11.3. The van der Waals surface area contributed by atoms with Gasteiger partial charge in [-0.3, -0.25) is 4.79 Å². The Bertz CT molecular complexity index is 304. The van der Waals surface area contributed by atoms with Crippen LogP contribution in [0.5, 0.6) is 0 Å². The highest BCUT2D eigenvalue weighted by Gasteiger charge is 2.43. The summed E-state index contributed by atoms with van der Waals surface area (Å²) in [5, 5.41) is 1.22. The summed E-state index contributed by atoms with van der Waals surface area (Å²) >= 11 is 0. The second-order valence-corrected chi connectivity index (χ2v) is 10.5. The first kappa shape index (κ1) is 21.6. The smallest absolute Gasteiger partial charge is 0.316 e. The fourth-order valence-electron chi connectivity index (χ4n) is 2.96. The third kappa shape index (κ3) is 6.82. The average Bonchev–Trinajstić information content (AvgIpc) is 2.53. The summed E-state index contributed by atoms with van der Waals surface area (Å²) in [5.41, 5.74) is 0. The van der Waals surface area contributed by atoms with Crippen LogP contribution in [0.1, 0.15) is 73.1 Å². The van der Waals surface area contributed by atoms with Crippen molar-refractivity contribution in [1.29, 1.82) is 0 Å². The van der Waals surface area contributed by atoms with Gasteiger partial charge in [0, 0.05) is 7.26 Å². The molecule has 0 aliphatic heterocycles. The van der Waals surface area contributed by atoms with Crippen LogP contribution in [0.3, 0.4) is 0 Å². The molecule has 0 aromatic carbocycles. The maximum atomic E-state index is 12.2. The van der Waals surface area contributed by atoms with E-state index in [1.165, 1.54) is 62.3 Å². The van der Waals surface area contributed by atoms with Crippen molar-refractivity contribution in [2.45, 2.75) is 73.1 Å². The van der Waals surface area contributed by atoms with E-state index in [-0.39, 0.29) is 11.9 Å². The van der Waals surface area contributed by atoms with Crippen molar-refractivity contribution in [2.75, 3.05) is 25.1 Å². The maximum Gasteiger partial charge on any atom is 0.316 e. The topological polar surface area (TPSA) is 26.3 Å². The lowest BCUT2D eigenvalue weighted by molar-refractivity contribution is -0.145. The highest BCUT2D eigenvalue weighted by molar-refractivity contribution is 7.79. The van der Waals surface area contributed by atoms with Crippen LogP contribution >= 0.6 is 7.26 Å². The Morgan fingerprint density at radius 2 is 1.36 bits per heavy atom. The fourth-order valence-corrected chi connectivity index (χ4v) is 8.19. The molecule has 130 valence electrons. The molecule has 0 aliphatic carbocycles. The number of hydrogen-bond donors (Lipinski definition) is 0. The van der Waals surface area contributed by atoms with Gasteiger partial charge in [-0.05, 0) is 33.1 Å². The number of esters is 1. The molecular formula is C19H38O2P+. The molecule has 0 aliphatic rings. The minimum Gasteiger partial charge on any atom is -0.465 e. The van der Waals surface area contributed by atoms with E-state index >= 15 is 0 Å². The van der Waals surface area contributed by atoms with Gasteiger partial charge in [-0.15, -0.1) is 0 Å². The molecule has 3 heteroatoms. The minimum absolute atomic E-state index is 0.0821. The lowest BCUT2D eigenvalue weighted by atomic mass is 10.2. The van der Waals surface area contributed by atoms with Gasteiger partial charge in [0.15, 0.2) is 0 Å². The molecule has 0 spiro atoms. The number of hydrogen-bond acceptors (Lipinski definition) is 2. The molecule has 0 heterocycles. The van der Waals surface area contributed by atoms with Crippen molar-refractivity contribution < 1.29 is 9.53 Å². The highest BCUT2D eigenvalue weighted by atomic mass is 31.2. The van der Waals surface area contributed by atoms with E-state index in [2.05, 4.69) is 27.4 Å². The molecule has 1 atom stereocenters. The molecule has 0 aromatic rings. The minimum atomic E-state index is -1.27. The maximum absolute atomic E-state index is 12.2. The Morgan fingerprint density at radius 1 is 0.955 bits per heavy atom. The van der Waals surface area contributed by atoms with Crippen molar-refractivity contribution in [3.8, 4) is 0 Å². The number of rotatable bonds is 13. The van der Waals surface area contributed by atoms with Gasteiger partial charge < -0.3 is 4.74 Å². The second-order valence-electron chi connectivity index (χ2n) is 6.34. The molecule has 2 nitrogen and oxygen atoms in total. The van der Waals surface area contributed by atoms with Crippen molar-refractivity contribution in [1.82, 2.24) is 0 Å². The number of carbonyl (C=O) groups excluding carboxylic acids is 1. The molecule has 22 heavy (non-hydrogen) atoms. The van der Waals surface area contributed by atoms with Crippen LogP contribution in [0.15, 0.2) is 11.9 Å². The van der Waals surface area contributed by atoms with Crippen LogP contribution in [-0.2, 0) is 9.53 Å². The standard InChI is InChI=1S/C19H38O2P/c1-7-11-14-22(15-12-8-2,16-13-9-3)18(6)17(5)19(20)21-10-4/h17H,6-16H2,1-5H3/q+1. The van der Waals surface area contributed by atoms with Crippen LogP contribution in [0, 0.1) is 5.92 Å². The number of carbonyl (C=O) groups is 1. The van der Waals surface area contributed by atoms with Crippen LogP contribution < -0.4 is 0 Å². The Morgan fingerprint density at radius 3 is 1.68 bits per heavy atom. The van der Waals surface area contributed by atoms with Crippen LogP contribution in [-0.4, -0.2) is 31.1 Å². The Labute approximate surface area is 139 Å². The lowest BCUT2D eigenvalue weighted by Gasteiger charge is -2.31. The zero-order chi connectivity index (χ0) is 17.0. The van der Waals surface area contributed by atoms with E-state index < -0.39 is 7.26 Å². The van der Waals surface area contributed by atoms with Gasteiger partial charge in [-0.1, -0.05) is 46.6 Å². The zero-order valence-corrected chi connectivity index (χ0v) is 16.5. The summed E-state index contributed by atoms with van der Waals surface area (Å²) in [6, 6.07) is 0. The van der Waals surface area contributed by atoms with Gasteiger partial charge in [0.1, 0.15) is 5.92 Å². The first-order valence-electron chi connectivity index (χ1n) is 9.21. The van der Waals surface area contributed by atoms with Gasteiger partial charge in [0.05, 0.1) is 30.4 Å². The Kier molecular flexibility index (Phi) is 11.9. The molecule has 0 radical (unpaired) electrons. The first-order chi connectivity index (χ1) is 10.5. The number of unbranched alkanes of at least 4 members (excludes halogenated alkanes) is 3. The van der Waals surface area contributed by atoms with Crippen LogP contribution in [0.25, 0.3) is 0 Å². The molecule has 0 amide bonds. The summed E-state index contributed by atoms with van der Waals surface area (Å²) < 4.78 is 5.25. The monoisotopic (exact) mass is 329 g/mol. The second kappa shape index (κ2) is 12.1. The van der Waals surface area contributed by atoms with Crippen molar-refractivity contribution in [2.24, 2.45) is 5.92 Å². The SMILES string of the molecule is C=C(C(C)C(=O)OCC)[P+](CCCC)(CCCC)CCCC. The molecular weight excluding hydrogens is 291 g/mol.